The van der Waals surface area contributed by atoms with E-state index in [0.29, 0.717) is 17.2 Å². The third-order valence-electron chi connectivity index (χ3n) is 4.79. The summed E-state index contributed by atoms with van der Waals surface area (Å²) in [5.41, 5.74) is 1.89. The second-order valence-corrected chi connectivity index (χ2v) is 8.94. The molecule has 0 saturated carbocycles. The normalized spacial score (nSPS) is 11.5. The highest BCUT2D eigenvalue weighted by Crippen LogP contribution is 2.29. The molecule has 0 bridgehead atoms. The van der Waals surface area contributed by atoms with Crippen molar-refractivity contribution >= 4 is 27.7 Å². The lowest BCUT2D eigenvalue weighted by atomic mass is 10.2. The summed E-state index contributed by atoms with van der Waals surface area (Å²) < 4.78 is 37.9. The van der Waals surface area contributed by atoms with Crippen LogP contribution in [0.1, 0.15) is 11.1 Å². The Balaban J connectivity index is 1.84. The largest absolute Gasteiger partial charge is 0.497 e. The summed E-state index contributed by atoms with van der Waals surface area (Å²) in [6.07, 6.45) is 1.51. The minimum Gasteiger partial charge on any atom is -0.497 e. The van der Waals surface area contributed by atoms with E-state index >= 15 is 0 Å². The van der Waals surface area contributed by atoms with Gasteiger partial charge in [0.1, 0.15) is 11.5 Å². The van der Waals surface area contributed by atoms with E-state index in [4.69, 9.17) is 9.47 Å². The zero-order valence-corrected chi connectivity index (χ0v) is 19.3. The van der Waals surface area contributed by atoms with Crippen molar-refractivity contribution in [2.45, 2.75) is 6.54 Å². The standard InChI is InChI=1S/C25H26N2O5S/c1-31-22-13-14-24(32-2)23(17-22)26-25(28)19-27(18-21-11-7-4-8-12-21)33(29,30)16-15-20-9-5-3-6-10-20/h3-17H,18-19H2,1-2H3,(H,26,28). The number of nitrogens with zero attached hydrogens (tertiary/aromatic N) is 1. The van der Waals surface area contributed by atoms with Crippen molar-refractivity contribution < 1.29 is 22.7 Å². The van der Waals surface area contributed by atoms with Crippen molar-refractivity contribution in [3.8, 4) is 11.5 Å². The molecule has 0 aliphatic rings. The fourth-order valence-corrected chi connectivity index (χ4v) is 4.23. The van der Waals surface area contributed by atoms with E-state index in [9.17, 15) is 13.2 Å². The summed E-state index contributed by atoms with van der Waals surface area (Å²) in [6.45, 7) is -0.332. The van der Waals surface area contributed by atoms with E-state index in [1.54, 1.807) is 30.3 Å². The van der Waals surface area contributed by atoms with Gasteiger partial charge in [0.25, 0.3) is 0 Å². The number of benzene rings is 3. The van der Waals surface area contributed by atoms with Gasteiger partial charge >= 0.3 is 0 Å². The van der Waals surface area contributed by atoms with E-state index in [-0.39, 0.29) is 13.1 Å². The Labute approximate surface area is 194 Å². The van der Waals surface area contributed by atoms with Crippen molar-refractivity contribution in [1.82, 2.24) is 4.31 Å². The monoisotopic (exact) mass is 466 g/mol. The first-order chi connectivity index (χ1) is 15.9. The summed E-state index contributed by atoms with van der Waals surface area (Å²) in [5, 5.41) is 3.84. The first-order valence-electron chi connectivity index (χ1n) is 10.2. The molecule has 7 nitrogen and oxygen atoms in total. The van der Waals surface area contributed by atoms with Crippen LogP contribution in [0.3, 0.4) is 0 Å². The maximum atomic E-state index is 13.1. The number of carbonyl (C=O) groups is 1. The van der Waals surface area contributed by atoms with E-state index in [2.05, 4.69) is 5.32 Å². The molecule has 0 aliphatic carbocycles. The van der Waals surface area contributed by atoms with Crippen LogP contribution in [0.5, 0.6) is 11.5 Å². The van der Waals surface area contributed by atoms with Crippen LogP contribution >= 0.6 is 0 Å². The van der Waals surface area contributed by atoms with Gasteiger partial charge < -0.3 is 14.8 Å². The lowest BCUT2D eigenvalue weighted by molar-refractivity contribution is -0.116. The summed E-state index contributed by atoms with van der Waals surface area (Å²) in [5.74, 6) is 0.463. The predicted octanol–water partition coefficient (Wildman–Crippen LogP) is 4.15. The van der Waals surface area contributed by atoms with Crippen molar-refractivity contribution in [2.24, 2.45) is 0 Å². The van der Waals surface area contributed by atoms with E-state index < -0.39 is 15.9 Å². The van der Waals surface area contributed by atoms with Gasteiger partial charge in [0.05, 0.1) is 26.5 Å². The van der Waals surface area contributed by atoms with E-state index in [1.165, 1.54) is 20.3 Å². The number of nitrogens with one attached hydrogen (secondary N) is 1. The van der Waals surface area contributed by atoms with Crippen LogP contribution in [-0.4, -0.2) is 39.4 Å². The van der Waals surface area contributed by atoms with E-state index in [1.807, 2.05) is 48.5 Å². The average molecular weight is 467 g/mol. The van der Waals surface area contributed by atoms with Crippen molar-refractivity contribution in [3.05, 3.63) is 95.4 Å². The molecule has 8 heteroatoms. The van der Waals surface area contributed by atoms with Crippen LogP contribution in [0.4, 0.5) is 5.69 Å². The highest BCUT2D eigenvalue weighted by atomic mass is 32.2. The maximum Gasteiger partial charge on any atom is 0.239 e. The fourth-order valence-electron chi connectivity index (χ4n) is 3.10. The molecule has 3 aromatic carbocycles. The molecule has 0 aromatic heterocycles. The number of anilines is 1. The number of ether oxygens (including phenoxy) is 2. The lowest BCUT2D eigenvalue weighted by Crippen LogP contribution is -2.36. The van der Waals surface area contributed by atoms with Gasteiger partial charge in [-0.15, -0.1) is 0 Å². The number of hydrogen-bond acceptors (Lipinski definition) is 5. The molecule has 0 radical (unpaired) electrons. The zero-order valence-electron chi connectivity index (χ0n) is 18.5. The third-order valence-corrected chi connectivity index (χ3v) is 6.25. The average Bonchev–Trinajstić information content (AvgIpc) is 2.83. The van der Waals surface area contributed by atoms with Crippen LogP contribution in [0.15, 0.2) is 84.3 Å². The number of sulfonamides is 1. The SMILES string of the molecule is COc1ccc(OC)c(NC(=O)CN(Cc2ccccc2)S(=O)(=O)C=Cc2ccccc2)c1. The molecule has 0 atom stereocenters. The van der Waals surface area contributed by atoms with Gasteiger partial charge in [0, 0.05) is 18.0 Å². The minimum atomic E-state index is -3.90. The van der Waals surface area contributed by atoms with Gasteiger partial charge in [-0.25, -0.2) is 8.42 Å². The Morgan fingerprint density at radius 3 is 2.24 bits per heavy atom. The summed E-state index contributed by atoms with van der Waals surface area (Å²) >= 11 is 0. The van der Waals surface area contributed by atoms with Crippen LogP contribution in [-0.2, 0) is 21.4 Å². The van der Waals surface area contributed by atoms with Gasteiger partial charge in [-0.05, 0) is 29.3 Å². The molecule has 0 aliphatic heterocycles. The van der Waals surface area contributed by atoms with Crippen LogP contribution in [0.2, 0.25) is 0 Å². The number of hydrogen-bond donors (Lipinski definition) is 1. The molecule has 1 amide bonds. The first-order valence-corrected chi connectivity index (χ1v) is 11.7. The highest BCUT2D eigenvalue weighted by Gasteiger charge is 2.23. The number of amides is 1. The molecule has 0 heterocycles. The Morgan fingerprint density at radius 1 is 0.939 bits per heavy atom. The maximum absolute atomic E-state index is 13.1. The molecule has 3 rings (SSSR count). The molecule has 1 N–H and O–H groups in total. The van der Waals surface area contributed by atoms with Gasteiger partial charge in [-0.1, -0.05) is 60.7 Å². The predicted molar refractivity (Wildman–Crippen MR) is 129 cm³/mol. The molecule has 0 spiro atoms. The first kappa shape index (κ1) is 24.0. The quantitative estimate of drug-likeness (QED) is 0.485. The van der Waals surface area contributed by atoms with E-state index in [0.717, 1.165) is 20.8 Å². The Bertz CT molecular complexity index is 1200. The second-order valence-electron chi connectivity index (χ2n) is 7.13. The van der Waals surface area contributed by atoms with Gasteiger partial charge in [0.15, 0.2) is 0 Å². The van der Waals surface area contributed by atoms with Gasteiger partial charge in [-0.3, -0.25) is 4.79 Å². The smallest absolute Gasteiger partial charge is 0.239 e. The second kappa shape index (κ2) is 11.3. The van der Waals surface area contributed by atoms with Crippen molar-refractivity contribution in [2.75, 3.05) is 26.1 Å². The van der Waals surface area contributed by atoms with Gasteiger partial charge in [0.2, 0.25) is 15.9 Å². The third kappa shape index (κ3) is 6.93. The summed E-state index contributed by atoms with van der Waals surface area (Å²) in [6, 6.07) is 23.2. The molecule has 0 fully saturated rings. The van der Waals surface area contributed by atoms with Crippen molar-refractivity contribution in [1.29, 1.82) is 0 Å². The molecular formula is C25H26N2O5S. The molecule has 3 aromatic rings. The lowest BCUT2D eigenvalue weighted by Gasteiger charge is -2.20. The molecular weight excluding hydrogens is 440 g/mol. The molecule has 0 unspecified atom stereocenters. The van der Waals surface area contributed by atoms with Crippen LogP contribution in [0.25, 0.3) is 6.08 Å². The highest BCUT2D eigenvalue weighted by molar-refractivity contribution is 7.92. The number of rotatable bonds is 10. The Morgan fingerprint density at radius 2 is 1.61 bits per heavy atom. The van der Waals surface area contributed by atoms with Crippen LogP contribution in [0, 0.1) is 0 Å². The van der Waals surface area contributed by atoms with Crippen LogP contribution < -0.4 is 14.8 Å². The Kier molecular flexibility index (Phi) is 8.23. The van der Waals surface area contributed by atoms with Gasteiger partial charge in [-0.2, -0.15) is 4.31 Å². The number of methoxy groups -OCH3 is 2. The summed E-state index contributed by atoms with van der Waals surface area (Å²) in [4.78, 5) is 12.9. The molecule has 33 heavy (non-hydrogen) atoms. The number of carbonyl (C=O) groups excluding carboxylic acids is 1. The minimum absolute atomic E-state index is 0.0466. The topological polar surface area (TPSA) is 84.9 Å². The Hall–Kier alpha value is -3.62. The zero-order chi connectivity index (χ0) is 23.7. The van der Waals surface area contributed by atoms with Crippen molar-refractivity contribution in [3.63, 3.8) is 0 Å². The molecule has 172 valence electrons. The fraction of sp³-hybridized carbons (Fsp3) is 0.160. The summed E-state index contributed by atoms with van der Waals surface area (Å²) in [7, 11) is -0.900. The molecule has 0 saturated heterocycles.